The van der Waals surface area contributed by atoms with Gasteiger partial charge < -0.3 is 0 Å². The lowest BCUT2D eigenvalue weighted by atomic mass is 9.81. The van der Waals surface area contributed by atoms with Crippen molar-refractivity contribution in [3.8, 4) is 0 Å². The Morgan fingerprint density at radius 1 is 1.04 bits per heavy atom. The van der Waals surface area contributed by atoms with Gasteiger partial charge in [0, 0.05) is 37.2 Å². The molecule has 3 nitrogen and oxygen atoms in total. The molecule has 2 heterocycles. The fourth-order valence-corrected chi connectivity index (χ4v) is 4.44. The van der Waals surface area contributed by atoms with E-state index in [1.54, 1.807) is 12.1 Å². The zero-order valence-corrected chi connectivity index (χ0v) is 15.1. The highest BCUT2D eigenvalue weighted by Crippen LogP contribution is 2.32. The molecule has 2 N–H and O–H groups in total. The molecule has 144 valence electrons. The molecular weight excluding hydrogens is 351 g/mol. The normalized spacial score (nSPS) is 26.4. The maximum Gasteiger partial charge on any atom is 0.163 e. The summed E-state index contributed by atoms with van der Waals surface area (Å²) in [4.78, 5) is 2.20. The monoisotopic (exact) mass is 375 g/mol. The Labute approximate surface area is 157 Å². The highest BCUT2D eigenvalue weighted by atomic mass is 19.2. The standard InChI is InChI=1S/C21H24F3N3/c22-17-8-6-14(7-9-17)18-11-25-26-21(18)16-4-2-10-27(13-16)12-15-3-1-5-19(23)20(15)24/h1,3,5-9,16,18,21,25-26H,2,4,10-13H2. The Morgan fingerprint density at radius 2 is 1.85 bits per heavy atom. The van der Waals surface area contributed by atoms with Crippen LogP contribution in [0.4, 0.5) is 13.2 Å². The minimum atomic E-state index is -0.793. The van der Waals surface area contributed by atoms with Crippen molar-refractivity contribution < 1.29 is 13.2 Å². The van der Waals surface area contributed by atoms with Gasteiger partial charge in [-0.25, -0.2) is 13.2 Å². The van der Waals surface area contributed by atoms with Crippen molar-refractivity contribution in [1.82, 2.24) is 15.8 Å². The molecule has 2 aromatic rings. The van der Waals surface area contributed by atoms with Crippen LogP contribution in [-0.4, -0.2) is 30.6 Å². The van der Waals surface area contributed by atoms with Crippen LogP contribution in [0.25, 0.3) is 0 Å². The SMILES string of the molecule is Fc1ccc(C2CNNC2C2CCCN(Cc3cccc(F)c3F)C2)cc1. The van der Waals surface area contributed by atoms with Crippen LogP contribution >= 0.6 is 0 Å². The lowest BCUT2D eigenvalue weighted by Gasteiger charge is -2.37. The zero-order chi connectivity index (χ0) is 18.8. The van der Waals surface area contributed by atoms with E-state index in [2.05, 4.69) is 15.8 Å². The van der Waals surface area contributed by atoms with Crippen LogP contribution in [0.15, 0.2) is 42.5 Å². The molecule has 2 aliphatic heterocycles. The summed E-state index contributed by atoms with van der Waals surface area (Å²) in [7, 11) is 0. The average Bonchev–Trinajstić information content (AvgIpc) is 3.16. The summed E-state index contributed by atoms with van der Waals surface area (Å²) in [6, 6.07) is 11.3. The quantitative estimate of drug-likeness (QED) is 0.856. The van der Waals surface area contributed by atoms with Crippen LogP contribution in [0.3, 0.4) is 0 Å². The van der Waals surface area contributed by atoms with Gasteiger partial charge in [-0.3, -0.25) is 15.8 Å². The van der Waals surface area contributed by atoms with Gasteiger partial charge in [0.2, 0.25) is 0 Å². The van der Waals surface area contributed by atoms with Crippen molar-refractivity contribution in [2.45, 2.75) is 31.3 Å². The first-order chi connectivity index (χ1) is 13.1. The molecular formula is C21H24F3N3. The summed E-state index contributed by atoms with van der Waals surface area (Å²) < 4.78 is 40.8. The Bertz CT molecular complexity index is 781. The van der Waals surface area contributed by atoms with E-state index in [9.17, 15) is 13.2 Å². The molecule has 3 unspecified atom stereocenters. The number of benzene rings is 2. The van der Waals surface area contributed by atoms with E-state index in [4.69, 9.17) is 0 Å². The van der Waals surface area contributed by atoms with Crippen molar-refractivity contribution in [2.24, 2.45) is 5.92 Å². The number of hydrogen-bond donors (Lipinski definition) is 2. The minimum Gasteiger partial charge on any atom is -0.299 e. The predicted molar refractivity (Wildman–Crippen MR) is 98.4 cm³/mol. The van der Waals surface area contributed by atoms with Gasteiger partial charge >= 0.3 is 0 Å². The summed E-state index contributed by atoms with van der Waals surface area (Å²) in [5.41, 5.74) is 8.16. The molecule has 4 rings (SSSR count). The number of hydrazine groups is 1. The van der Waals surface area contributed by atoms with Crippen molar-refractivity contribution in [1.29, 1.82) is 0 Å². The van der Waals surface area contributed by atoms with Crippen LogP contribution in [0.2, 0.25) is 0 Å². The molecule has 0 bridgehead atoms. The molecule has 0 radical (unpaired) electrons. The first kappa shape index (κ1) is 18.5. The van der Waals surface area contributed by atoms with Gasteiger partial charge in [-0.2, -0.15) is 0 Å². The molecule has 2 saturated heterocycles. The second-order valence-corrected chi connectivity index (χ2v) is 7.56. The molecule has 0 saturated carbocycles. The third kappa shape index (κ3) is 4.03. The molecule has 27 heavy (non-hydrogen) atoms. The maximum absolute atomic E-state index is 14.0. The second-order valence-electron chi connectivity index (χ2n) is 7.56. The van der Waals surface area contributed by atoms with Crippen LogP contribution in [0.1, 0.15) is 29.9 Å². The fourth-order valence-electron chi connectivity index (χ4n) is 4.44. The van der Waals surface area contributed by atoms with Crippen molar-refractivity contribution in [3.63, 3.8) is 0 Å². The summed E-state index contributed by atoms with van der Waals surface area (Å²) in [6.45, 7) is 2.92. The van der Waals surface area contributed by atoms with E-state index in [-0.39, 0.29) is 17.8 Å². The van der Waals surface area contributed by atoms with E-state index >= 15 is 0 Å². The van der Waals surface area contributed by atoms with Gasteiger partial charge in [-0.05, 0) is 49.1 Å². The van der Waals surface area contributed by atoms with Gasteiger partial charge in [-0.15, -0.1) is 0 Å². The number of nitrogens with zero attached hydrogens (tertiary/aromatic N) is 1. The van der Waals surface area contributed by atoms with Crippen LogP contribution < -0.4 is 10.9 Å². The number of likely N-dealkylation sites (tertiary alicyclic amines) is 1. The highest BCUT2D eigenvalue weighted by molar-refractivity contribution is 5.24. The van der Waals surface area contributed by atoms with Crippen LogP contribution in [0.5, 0.6) is 0 Å². The molecule has 0 aliphatic carbocycles. The summed E-state index contributed by atoms with van der Waals surface area (Å²) in [5.74, 6) is -1.11. The van der Waals surface area contributed by atoms with Crippen LogP contribution in [0, 0.1) is 23.4 Å². The summed E-state index contributed by atoms with van der Waals surface area (Å²) in [6.07, 6.45) is 2.11. The van der Waals surface area contributed by atoms with E-state index in [1.807, 2.05) is 12.1 Å². The number of halogens is 3. The van der Waals surface area contributed by atoms with Crippen molar-refractivity contribution >= 4 is 0 Å². The predicted octanol–water partition coefficient (Wildman–Crippen LogP) is 3.58. The van der Waals surface area contributed by atoms with E-state index < -0.39 is 11.6 Å². The number of rotatable bonds is 4. The molecule has 0 amide bonds. The average molecular weight is 375 g/mol. The Kier molecular flexibility index (Phi) is 5.48. The van der Waals surface area contributed by atoms with E-state index in [0.717, 1.165) is 44.1 Å². The van der Waals surface area contributed by atoms with E-state index in [1.165, 1.54) is 12.1 Å². The van der Waals surface area contributed by atoms with E-state index in [0.29, 0.717) is 18.0 Å². The summed E-state index contributed by atoms with van der Waals surface area (Å²) >= 11 is 0. The third-order valence-corrected chi connectivity index (χ3v) is 5.80. The largest absolute Gasteiger partial charge is 0.299 e. The number of nitrogens with one attached hydrogen (secondary N) is 2. The molecule has 6 heteroatoms. The molecule has 0 spiro atoms. The second kappa shape index (κ2) is 8.00. The molecule has 2 fully saturated rings. The number of hydrogen-bond acceptors (Lipinski definition) is 3. The Hall–Kier alpha value is -1.89. The first-order valence-electron chi connectivity index (χ1n) is 9.51. The molecule has 2 aromatic carbocycles. The lowest BCUT2D eigenvalue weighted by Crippen LogP contribution is -2.46. The topological polar surface area (TPSA) is 27.3 Å². The number of piperidine rings is 1. The maximum atomic E-state index is 14.0. The first-order valence-corrected chi connectivity index (χ1v) is 9.51. The fraction of sp³-hybridized carbons (Fsp3) is 0.429. The van der Waals surface area contributed by atoms with Gasteiger partial charge in [0.1, 0.15) is 5.82 Å². The minimum absolute atomic E-state index is 0.227. The Balaban J connectivity index is 1.45. The smallest absolute Gasteiger partial charge is 0.163 e. The van der Waals surface area contributed by atoms with Gasteiger partial charge in [-0.1, -0.05) is 24.3 Å². The molecule has 3 atom stereocenters. The van der Waals surface area contributed by atoms with Crippen molar-refractivity contribution in [2.75, 3.05) is 19.6 Å². The molecule has 2 aliphatic rings. The van der Waals surface area contributed by atoms with Gasteiger partial charge in [0.05, 0.1) is 0 Å². The van der Waals surface area contributed by atoms with Crippen LogP contribution in [-0.2, 0) is 6.54 Å². The molecule has 0 aromatic heterocycles. The van der Waals surface area contributed by atoms with Crippen molar-refractivity contribution in [3.05, 3.63) is 71.0 Å². The highest BCUT2D eigenvalue weighted by Gasteiger charge is 2.36. The summed E-state index contributed by atoms with van der Waals surface area (Å²) in [5, 5.41) is 0. The zero-order valence-electron chi connectivity index (χ0n) is 15.1. The van der Waals surface area contributed by atoms with Gasteiger partial charge in [0.25, 0.3) is 0 Å². The Morgan fingerprint density at radius 3 is 2.67 bits per heavy atom. The lowest BCUT2D eigenvalue weighted by molar-refractivity contribution is 0.138. The van der Waals surface area contributed by atoms with Gasteiger partial charge in [0.15, 0.2) is 11.6 Å². The third-order valence-electron chi connectivity index (χ3n) is 5.80.